The molecule has 5 heteroatoms. The number of fused-ring (bicyclic) bond motifs is 2. The van der Waals surface area contributed by atoms with Crippen LogP contribution in [0.3, 0.4) is 0 Å². The Morgan fingerprint density at radius 1 is 0.967 bits per heavy atom. The predicted octanol–water partition coefficient (Wildman–Crippen LogP) is 5.27. The van der Waals surface area contributed by atoms with Crippen molar-refractivity contribution in [3.05, 3.63) is 41.5 Å². The molecule has 2 fully saturated rings. The van der Waals surface area contributed by atoms with Crippen LogP contribution >= 0.6 is 0 Å². The quantitative estimate of drug-likeness (QED) is 0.458. The molecule has 0 spiro atoms. The first-order valence-corrected chi connectivity index (χ1v) is 11.3. The molecule has 0 saturated carbocycles. The Bertz CT molecular complexity index is 1140. The van der Waals surface area contributed by atoms with Crippen LogP contribution in [0.1, 0.15) is 54.9 Å². The van der Waals surface area contributed by atoms with E-state index in [-0.39, 0.29) is 5.78 Å². The number of nitrogens with zero attached hydrogens (tertiary/aromatic N) is 3. The van der Waals surface area contributed by atoms with Gasteiger partial charge in [0, 0.05) is 37.3 Å². The lowest BCUT2D eigenvalue weighted by molar-refractivity contribution is 0.104. The molecule has 6 rings (SSSR count). The second-order valence-corrected chi connectivity index (χ2v) is 9.14. The number of aromatic nitrogens is 1. The van der Waals surface area contributed by atoms with Crippen LogP contribution in [0.2, 0.25) is 0 Å². The van der Waals surface area contributed by atoms with E-state index in [2.05, 4.69) is 27.9 Å². The van der Waals surface area contributed by atoms with E-state index in [0.29, 0.717) is 5.92 Å². The third kappa shape index (κ3) is 2.60. The summed E-state index contributed by atoms with van der Waals surface area (Å²) in [5.41, 5.74) is 5.42. The van der Waals surface area contributed by atoms with Crippen LogP contribution in [-0.2, 0) is 0 Å². The summed E-state index contributed by atoms with van der Waals surface area (Å²) < 4.78 is 5.92. The van der Waals surface area contributed by atoms with Gasteiger partial charge in [0.05, 0.1) is 22.3 Å². The predicted molar refractivity (Wildman–Crippen MR) is 120 cm³/mol. The van der Waals surface area contributed by atoms with Gasteiger partial charge in [-0.25, -0.2) is 0 Å². The fourth-order valence-electron chi connectivity index (χ4n) is 5.56. The molecular formula is C25H27N3O2. The molecule has 5 nitrogen and oxygen atoms in total. The molecule has 3 aromatic rings. The van der Waals surface area contributed by atoms with Crippen LogP contribution < -0.4 is 9.80 Å². The summed E-state index contributed by atoms with van der Waals surface area (Å²) in [7, 11) is 0. The number of piperidine rings is 2. The molecule has 2 aromatic carbocycles. The lowest BCUT2D eigenvalue weighted by Gasteiger charge is -2.36. The van der Waals surface area contributed by atoms with Gasteiger partial charge in [0.2, 0.25) is 0 Å². The van der Waals surface area contributed by atoms with Crippen molar-refractivity contribution >= 4 is 28.1 Å². The van der Waals surface area contributed by atoms with Crippen molar-refractivity contribution in [2.45, 2.75) is 39.0 Å². The van der Waals surface area contributed by atoms with Gasteiger partial charge in [-0.15, -0.1) is 0 Å². The van der Waals surface area contributed by atoms with Gasteiger partial charge >= 0.3 is 0 Å². The number of hydrogen-bond donors (Lipinski definition) is 0. The van der Waals surface area contributed by atoms with E-state index in [1.54, 1.807) is 0 Å². The molecule has 3 aliphatic rings. The molecule has 1 aromatic heterocycles. The number of ketones is 1. The van der Waals surface area contributed by atoms with E-state index in [1.807, 2.05) is 24.3 Å². The maximum atomic E-state index is 13.7. The van der Waals surface area contributed by atoms with Crippen molar-refractivity contribution < 1.29 is 9.32 Å². The van der Waals surface area contributed by atoms with Crippen molar-refractivity contribution in [3.8, 4) is 11.3 Å². The Labute approximate surface area is 176 Å². The Balaban J connectivity index is 1.63. The molecule has 1 aliphatic carbocycles. The van der Waals surface area contributed by atoms with Crippen LogP contribution in [0.5, 0.6) is 0 Å². The van der Waals surface area contributed by atoms with Crippen molar-refractivity contribution in [3.63, 3.8) is 0 Å². The zero-order chi connectivity index (χ0) is 20.2. The van der Waals surface area contributed by atoms with Gasteiger partial charge in [-0.05, 0) is 44.1 Å². The first-order chi connectivity index (χ1) is 14.7. The lowest BCUT2D eigenvalue weighted by Crippen LogP contribution is -2.35. The SMILES string of the molecule is CC1CCCN(c2cc(N3CCCCC3)c3c4c(onc24)-c2ccccc2C3=O)C1. The highest BCUT2D eigenvalue weighted by molar-refractivity contribution is 6.28. The van der Waals surface area contributed by atoms with Crippen molar-refractivity contribution in [1.82, 2.24) is 5.16 Å². The molecule has 0 radical (unpaired) electrons. The highest BCUT2D eigenvalue weighted by Gasteiger charge is 2.35. The number of carbonyl (C=O) groups excluding carboxylic acids is 1. The maximum absolute atomic E-state index is 13.7. The van der Waals surface area contributed by atoms with Crippen molar-refractivity contribution in [2.24, 2.45) is 5.92 Å². The standard InChI is InChI=1S/C25H27N3O2/c1-16-8-7-13-28(15-16)20-14-19(27-11-5-2-6-12-27)21-22-23(20)26-30-25(22)18-10-4-3-9-17(18)24(21)29/h3-4,9-10,14,16H,2,5-8,11-13,15H2,1H3. The molecule has 2 aliphatic heterocycles. The van der Waals surface area contributed by atoms with Crippen LogP contribution in [0.25, 0.3) is 22.2 Å². The molecule has 154 valence electrons. The fraction of sp³-hybridized carbons (Fsp3) is 0.440. The number of anilines is 2. The topological polar surface area (TPSA) is 49.6 Å². The Kier molecular flexibility index (Phi) is 4.12. The summed E-state index contributed by atoms with van der Waals surface area (Å²) in [6.45, 7) is 6.39. The highest BCUT2D eigenvalue weighted by atomic mass is 16.5. The van der Waals surface area contributed by atoms with E-state index in [1.165, 1.54) is 32.1 Å². The van der Waals surface area contributed by atoms with Crippen molar-refractivity contribution in [2.75, 3.05) is 36.0 Å². The summed E-state index contributed by atoms with van der Waals surface area (Å²) in [6, 6.07) is 10.0. The van der Waals surface area contributed by atoms with Gasteiger partial charge in [-0.1, -0.05) is 36.3 Å². The molecular weight excluding hydrogens is 374 g/mol. The molecule has 3 heterocycles. The van der Waals surface area contributed by atoms with Gasteiger partial charge in [-0.3, -0.25) is 4.79 Å². The second-order valence-electron chi connectivity index (χ2n) is 9.14. The molecule has 1 atom stereocenters. The number of rotatable bonds is 2. The first-order valence-electron chi connectivity index (χ1n) is 11.3. The summed E-state index contributed by atoms with van der Waals surface area (Å²) >= 11 is 0. The van der Waals surface area contributed by atoms with Crippen LogP contribution in [0.15, 0.2) is 34.9 Å². The zero-order valence-electron chi connectivity index (χ0n) is 17.5. The fourth-order valence-corrected chi connectivity index (χ4v) is 5.56. The smallest absolute Gasteiger partial charge is 0.196 e. The maximum Gasteiger partial charge on any atom is 0.196 e. The minimum atomic E-state index is 0.102. The van der Waals surface area contributed by atoms with Crippen molar-refractivity contribution in [1.29, 1.82) is 0 Å². The monoisotopic (exact) mass is 401 g/mol. The number of hydrogen-bond acceptors (Lipinski definition) is 5. The summed E-state index contributed by atoms with van der Waals surface area (Å²) in [5.74, 6) is 1.51. The molecule has 2 saturated heterocycles. The van der Waals surface area contributed by atoms with E-state index in [9.17, 15) is 4.79 Å². The molecule has 30 heavy (non-hydrogen) atoms. The van der Waals surface area contributed by atoms with Gasteiger partial charge in [-0.2, -0.15) is 0 Å². The third-order valence-electron chi connectivity index (χ3n) is 7.05. The average molecular weight is 402 g/mol. The Morgan fingerprint density at radius 2 is 1.73 bits per heavy atom. The number of carbonyl (C=O) groups is 1. The second kappa shape index (κ2) is 6.86. The van der Waals surface area contributed by atoms with E-state index in [4.69, 9.17) is 4.52 Å². The Morgan fingerprint density at radius 3 is 2.53 bits per heavy atom. The first kappa shape index (κ1) is 18.0. The molecule has 1 unspecified atom stereocenters. The highest BCUT2D eigenvalue weighted by Crippen LogP contribution is 2.47. The van der Waals surface area contributed by atoms with Gasteiger partial charge in [0.25, 0.3) is 0 Å². The summed E-state index contributed by atoms with van der Waals surface area (Å²) in [6.07, 6.45) is 6.08. The van der Waals surface area contributed by atoms with Gasteiger partial charge < -0.3 is 14.3 Å². The minimum absolute atomic E-state index is 0.102. The average Bonchev–Trinajstić information content (AvgIpc) is 3.23. The summed E-state index contributed by atoms with van der Waals surface area (Å²) in [5, 5.41) is 5.43. The molecule has 0 N–H and O–H groups in total. The zero-order valence-corrected chi connectivity index (χ0v) is 17.5. The minimum Gasteiger partial charge on any atom is -0.371 e. The van der Waals surface area contributed by atoms with Crippen LogP contribution in [0, 0.1) is 5.92 Å². The van der Waals surface area contributed by atoms with E-state index < -0.39 is 0 Å². The van der Waals surface area contributed by atoms with E-state index >= 15 is 0 Å². The van der Waals surface area contributed by atoms with Gasteiger partial charge in [0.15, 0.2) is 11.5 Å². The number of benzene rings is 2. The molecule has 0 bridgehead atoms. The van der Waals surface area contributed by atoms with Crippen LogP contribution in [-0.4, -0.2) is 37.1 Å². The Hall–Kier alpha value is -2.82. The van der Waals surface area contributed by atoms with Gasteiger partial charge in [0.1, 0.15) is 5.52 Å². The van der Waals surface area contributed by atoms with Crippen LogP contribution in [0.4, 0.5) is 11.4 Å². The third-order valence-corrected chi connectivity index (χ3v) is 7.05. The van der Waals surface area contributed by atoms with E-state index in [0.717, 1.165) is 70.9 Å². The largest absolute Gasteiger partial charge is 0.371 e. The normalized spacial score (nSPS) is 21.2. The molecule has 0 amide bonds. The summed E-state index contributed by atoms with van der Waals surface area (Å²) in [4.78, 5) is 18.6. The lowest BCUT2D eigenvalue weighted by atomic mass is 9.85.